The van der Waals surface area contributed by atoms with Gasteiger partial charge in [-0.3, -0.25) is 14.9 Å². The van der Waals surface area contributed by atoms with Crippen molar-refractivity contribution in [2.24, 2.45) is 0 Å². The number of aliphatic hydroxyl groups excluding tert-OH is 1. The molecule has 0 aliphatic rings. The lowest BCUT2D eigenvalue weighted by Crippen LogP contribution is -2.29. The Morgan fingerprint density at radius 2 is 1.84 bits per heavy atom. The number of hydrogen-bond acceptors (Lipinski definition) is 5. The molecular formula is C18H15N3O4. The second-order valence-electron chi connectivity index (χ2n) is 5.46. The van der Waals surface area contributed by atoms with Crippen LogP contribution in [0.5, 0.6) is 0 Å². The van der Waals surface area contributed by atoms with Gasteiger partial charge in [-0.25, -0.2) is 4.98 Å². The number of nitro benzene ring substituents is 1. The van der Waals surface area contributed by atoms with Crippen LogP contribution in [0.3, 0.4) is 0 Å². The summed E-state index contributed by atoms with van der Waals surface area (Å²) < 4.78 is 0. The molecule has 1 aromatic heterocycles. The van der Waals surface area contributed by atoms with E-state index in [-0.39, 0.29) is 17.9 Å². The highest BCUT2D eigenvalue weighted by atomic mass is 16.6. The molecular weight excluding hydrogens is 322 g/mol. The van der Waals surface area contributed by atoms with Crippen LogP contribution < -0.4 is 5.32 Å². The summed E-state index contributed by atoms with van der Waals surface area (Å²) >= 11 is 0. The lowest BCUT2D eigenvalue weighted by molar-refractivity contribution is -0.384. The first-order chi connectivity index (χ1) is 12.0. The summed E-state index contributed by atoms with van der Waals surface area (Å²) in [7, 11) is 0. The molecule has 2 N–H and O–H groups in total. The van der Waals surface area contributed by atoms with E-state index >= 15 is 0 Å². The molecule has 1 unspecified atom stereocenters. The molecule has 25 heavy (non-hydrogen) atoms. The van der Waals surface area contributed by atoms with Gasteiger partial charge in [0.05, 0.1) is 16.5 Å². The molecule has 3 aromatic rings. The molecule has 1 amide bonds. The fourth-order valence-corrected chi connectivity index (χ4v) is 2.41. The van der Waals surface area contributed by atoms with Gasteiger partial charge >= 0.3 is 0 Å². The Kier molecular flexibility index (Phi) is 4.67. The van der Waals surface area contributed by atoms with Crippen LogP contribution in [0.25, 0.3) is 10.9 Å². The van der Waals surface area contributed by atoms with E-state index in [1.54, 1.807) is 6.07 Å². The minimum atomic E-state index is -0.967. The van der Waals surface area contributed by atoms with Crippen LogP contribution in [-0.4, -0.2) is 27.5 Å². The van der Waals surface area contributed by atoms with Gasteiger partial charge in [-0.05, 0) is 29.8 Å². The summed E-state index contributed by atoms with van der Waals surface area (Å²) in [5.74, 6) is -0.397. The Bertz CT molecular complexity index is 925. The number of carbonyl (C=O) groups is 1. The maximum Gasteiger partial charge on any atom is 0.270 e. The summed E-state index contributed by atoms with van der Waals surface area (Å²) in [6.07, 6.45) is -0.967. The second-order valence-corrected chi connectivity index (χ2v) is 5.46. The topological polar surface area (TPSA) is 105 Å². The SMILES string of the molecule is O=C(NCC(O)c1ccc([N+](=O)[O-])cc1)c1ccc2ccccc2n1. The second kappa shape index (κ2) is 7.06. The first kappa shape index (κ1) is 16.5. The normalized spacial score (nSPS) is 11.9. The number of carbonyl (C=O) groups excluding carboxylic acids is 1. The molecule has 7 nitrogen and oxygen atoms in total. The number of aliphatic hydroxyl groups is 1. The lowest BCUT2D eigenvalue weighted by Gasteiger charge is -2.12. The van der Waals surface area contributed by atoms with Gasteiger partial charge in [-0.1, -0.05) is 24.3 Å². The number of rotatable bonds is 5. The number of benzene rings is 2. The van der Waals surface area contributed by atoms with Gasteiger partial charge in [0.15, 0.2) is 0 Å². The van der Waals surface area contributed by atoms with E-state index in [9.17, 15) is 20.0 Å². The largest absolute Gasteiger partial charge is 0.387 e. The van der Waals surface area contributed by atoms with E-state index in [2.05, 4.69) is 10.3 Å². The van der Waals surface area contributed by atoms with Gasteiger partial charge in [0.1, 0.15) is 5.69 Å². The van der Waals surface area contributed by atoms with Gasteiger partial charge in [0.2, 0.25) is 0 Å². The predicted octanol–water partition coefficient (Wildman–Crippen LogP) is 2.61. The Labute approximate surface area is 143 Å². The number of non-ortho nitro benzene ring substituents is 1. The van der Waals surface area contributed by atoms with Crippen molar-refractivity contribution in [2.45, 2.75) is 6.10 Å². The number of amides is 1. The summed E-state index contributed by atoms with van der Waals surface area (Å²) in [5, 5.41) is 24.3. The number of nitro groups is 1. The highest BCUT2D eigenvalue weighted by Crippen LogP contribution is 2.17. The zero-order valence-corrected chi connectivity index (χ0v) is 13.1. The first-order valence-corrected chi connectivity index (χ1v) is 7.61. The van der Waals surface area contributed by atoms with Crippen LogP contribution in [0.2, 0.25) is 0 Å². The van der Waals surface area contributed by atoms with E-state index in [0.717, 1.165) is 5.39 Å². The maximum absolute atomic E-state index is 12.2. The van der Waals surface area contributed by atoms with Crippen molar-refractivity contribution in [3.63, 3.8) is 0 Å². The Balaban J connectivity index is 1.65. The van der Waals surface area contributed by atoms with Crippen molar-refractivity contribution in [1.82, 2.24) is 10.3 Å². The summed E-state index contributed by atoms with van der Waals surface area (Å²) in [5.41, 5.74) is 1.40. The van der Waals surface area contributed by atoms with Crippen molar-refractivity contribution in [1.29, 1.82) is 0 Å². The third-order valence-electron chi connectivity index (χ3n) is 3.78. The van der Waals surface area contributed by atoms with E-state index in [0.29, 0.717) is 11.1 Å². The molecule has 126 valence electrons. The fraction of sp³-hybridized carbons (Fsp3) is 0.111. The highest BCUT2D eigenvalue weighted by Gasteiger charge is 2.13. The van der Waals surface area contributed by atoms with Gasteiger partial charge < -0.3 is 10.4 Å². The molecule has 7 heteroatoms. The number of hydrogen-bond donors (Lipinski definition) is 2. The standard InChI is InChI=1S/C18H15N3O4/c22-17(13-5-8-14(9-6-13)21(24)25)11-19-18(23)16-10-7-12-3-1-2-4-15(12)20-16/h1-10,17,22H,11H2,(H,19,23). The molecule has 0 radical (unpaired) electrons. The van der Waals surface area contributed by atoms with Crippen molar-refractivity contribution in [2.75, 3.05) is 6.54 Å². The van der Waals surface area contributed by atoms with E-state index < -0.39 is 16.9 Å². The third-order valence-corrected chi connectivity index (χ3v) is 3.78. The van der Waals surface area contributed by atoms with E-state index in [1.165, 1.54) is 24.3 Å². The zero-order valence-electron chi connectivity index (χ0n) is 13.1. The summed E-state index contributed by atoms with van der Waals surface area (Å²) in [6, 6.07) is 16.4. The number of aromatic nitrogens is 1. The van der Waals surface area contributed by atoms with Crippen molar-refractivity contribution in [3.05, 3.63) is 82.0 Å². The van der Waals surface area contributed by atoms with Crippen LogP contribution in [-0.2, 0) is 0 Å². The fourth-order valence-electron chi connectivity index (χ4n) is 2.41. The quantitative estimate of drug-likeness (QED) is 0.550. The molecule has 0 aliphatic heterocycles. The summed E-state index contributed by atoms with van der Waals surface area (Å²) in [4.78, 5) is 26.6. The maximum atomic E-state index is 12.2. The van der Waals surface area contributed by atoms with Gasteiger partial charge in [-0.2, -0.15) is 0 Å². The van der Waals surface area contributed by atoms with Gasteiger partial charge in [-0.15, -0.1) is 0 Å². The highest BCUT2D eigenvalue weighted by molar-refractivity contribution is 5.94. The van der Waals surface area contributed by atoms with Crippen molar-refractivity contribution >= 4 is 22.5 Å². The average molecular weight is 337 g/mol. The van der Waals surface area contributed by atoms with Crippen LogP contribution in [0, 0.1) is 10.1 Å². The van der Waals surface area contributed by atoms with Crippen molar-refractivity contribution < 1.29 is 14.8 Å². The molecule has 1 atom stereocenters. The molecule has 0 saturated carbocycles. The summed E-state index contributed by atoms with van der Waals surface area (Å²) in [6.45, 7) is -0.0227. The van der Waals surface area contributed by atoms with E-state index in [4.69, 9.17) is 0 Å². The predicted molar refractivity (Wildman–Crippen MR) is 92.1 cm³/mol. The van der Waals surface area contributed by atoms with E-state index in [1.807, 2.05) is 30.3 Å². The number of fused-ring (bicyclic) bond motifs is 1. The smallest absolute Gasteiger partial charge is 0.270 e. The third kappa shape index (κ3) is 3.78. The number of nitrogens with one attached hydrogen (secondary N) is 1. The van der Waals surface area contributed by atoms with Crippen LogP contribution >= 0.6 is 0 Å². The van der Waals surface area contributed by atoms with Crippen LogP contribution in [0.1, 0.15) is 22.2 Å². The van der Waals surface area contributed by atoms with Crippen LogP contribution in [0.15, 0.2) is 60.7 Å². The molecule has 1 heterocycles. The number of para-hydroxylation sites is 1. The van der Waals surface area contributed by atoms with Crippen LogP contribution in [0.4, 0.5) is 5.69 Å². The van der Waals surface area contributed by atoms with Gasteiger partial charge in [0, 0.05) is 24.1 Å². The minimum Gasteiger partial charge on any atom is -0.387 e. The molecule has 0 spiro atoms. The average Bonchev–Trinajstić information content (AvgIpc) is 2.65. The zero-order chi connectivity index (χ0) is 17.8. The Morgan fingerprint density at radius 1 is 1.12 bits per heavy atom. The number of pyridine rings is 1. The Hall–Kier alpha value is -3.32. The van der Waals surface area contributed by atoms with Crippen molar-refractivity contribution in [3.8, 4) is 0 Å². The molecule has 0 bridgehead atoms. The Morgan fingerprint density at radius 3 is 2.56 bits per heavy atom. The molecule has 3 rings (SSSR count). The first-order valence-electron chi connectivity index (χ1n) is 7.61. The molecule has 0 fully saturated rings. The number of nitrogens with zero attached hydrogens (tertiary/aromatic N) is 2. The molecule has 0 saturated heterocycles. The monoisotopic (exact) mass is 337 g/mol. The lowest BCUT2D eigenvalue weighted by atomic mass is 10.1. The molecule has 0 aliphatic carbocycles. The molecule has 2 aromatic carbocycles. The van der Waals surface area contributed by atoms with Gasteiger partial charge in [0.25, 0.3) is 11.6 Å². The minimum absolute atomic E-state index is 0.0227.